The summed E-state index contributed by atoms with van der Waals surface area (Å²) in [4.78, 5) is 19.8. The quantitative estimate of drug-likeness (QED) is 0.896. The summed E-state index contributed by atoms with van der Waals surface area (Å²) in [7, 11) is 0. The lowest BCUT2D eigenvalue weighted by Crippen LogP contribution is -2.49. The molecule has 1 aliphatic rings. The van der Waals surface area contributed by atoms with Crippen molar-refractivity contribution in [3.8, 4) is 0 Å². The summed E-state index contributed by atoms with van der Waals surface area (Å²) in [6.07, 6.45) is 4.33. The lowest BCUT2D eigenvalue weighted by atomic mass is 10.1. The van der Waals surface area contributed by atoms with Crippen molar-refractivity contribution >= 4 is 11.7 Å². The zero-order valence-corrected chi connectivity index (χ0v) is 11.5. The lowest BCUT2D eigenvalue weighted by Gasteiger charge is -2.39. The third-order valence-electron chi connectivity index (χ3n) is 3.90. The molecular formula is C14H21N3O2. The van der Waals surface area contributed by atoms with Gasteiger partial charge in [0.15, 0.2) is 0 Å². The number of carboxylic acid groups (broad SMARTS) is 1. The molecule has 1 aromatic rings. The van der Waals surface area contributed by atoms with Gasteiger partial charge in [-0.15, -0.1) is 0 Å². The Morgan fingerprint density at radius 2 is 2.11 bits per heavy atom. The number of hydrogen-bond donors (Lipinski definition) is 1. The van der Waals surface area contributed by atoms with Crippen LogP contribution in [0.5, 0.6) is 0 Å². The largest absolute Gasteiger partial charge is 0.478 e. The average Bonchev–Trinajstić information content (AvgIpc) is 2.46. The highest BCUT2D eigenvalue weighted by molar-refractivity contribution is 5.94. The Hall–Kier alpha value is -1.62. The van der Waals surface area contributed by atoms with E-state index in [1.807, 2.05) is 0 Å². The monoisotopic (exact) mass is 263 g/mol. The van der Waals surface area contributed by atoms with Gasteiger partial charge in [-0.3, -0.25) is 9.88 Å². The van der Waals surface area contributed by atoms with Crippen molar-refractivity contribution in [1.29, 1.82) is 0 Å². The Labute approximate surface area is 113 Å². The molecule has 0 amide bonds. The summed E-state index contributed by atoms with van der Waals surface area (Å²) in [6.45, 7) is 8.10. The predicted molar refractivity (Wildman–Crippen MR) is 74.7 cm³/mol. The predicted octanol–water partition coefficient (Wildman–Crippen LogP) is 1.70. The topological polar surface area (TPSA) is 56.7 Å². The molecule has 0 bridgehead atoms. The van der Waals surface area contributed by atoms with Crippen LogP contribution in [0.4, 0.5) is 5.69 Å². The molecule has 1 aliphatic heterocycles. The fourth-order valence-corrected chi connectivity index (χ4v) is 2.48. The minimum Gasteiger partial charge on any atom is -0.478 e. The summed E-state index contributed by atoms with van der Waals surface area (Å²) < 4.78 is 0. The van der Waals surface area contributed by atoms with Gasteiger partial charge in [0, 0.05) is 38.4 Å². The van der Waals surface area contributed by atoms with Crippen LogP contribution in [0.15, 0.2) is 18.5 Å². The minimum absolute atomic E-state index is 0.340. The van der Waals surface area contributed by atoms with Crippen molar-refractivity contribution in [2.45, 2.75) is 26.3 Å². The van der Waals surface area contributed by atoms with E-state index >= 15 is 0 Å². The number of carboxylic acids is 1. The Kier molecular flexibility index (Phi) is 4.37. The zero-order chi connectivity index (χ0) is 13.8. The summed E-state index contributed by atoms with van der Waals surface area (Å²) in [6, 6.07) is 2.16. The van der Waals surface area contributed by atoms with Gasteiger partial charge in [-0.25, -0.2) is 4.79 Å². The first-order chi connectivity index (χ1) is 9.13. The Bertz CT molecular complexity index is 442. The molecular weight excluding hydrogens is 242 g/mol. The van der Waals surface area contributed by atoms with E-state index in [9.17, 15) is 9.90 Å². The molecule has 1 fully saturated rings. The SMILES string of the molecule is CCC(C)N1CCN(c2cnccc2C(=O)O)CC1. The molecule has 104 valence electrons. The van der Waals surface area contributed by atoms with Gasteiger partial charge in [0.2, 0.25) is 0 Å². The van der Waals surface area contributed by atoms with E-state index in [2.05, 4.69) is 28.6 Å². The second kappa shape index (κ2) is 6.02. The molecule has 19 heavy (non-hydrogen) atoms. The summed E-state index contributed by atoms with van der Waals surface area (Å²) >= 11 is 0. The van der Waals surface area contributed by atoms with Crippen LogP contribution in [-0.4, -0.2) is 53.2 Å². The van der Waals surface area contributed by atoms with Crippen molar-refractivity contribution in [3.63, 3.8) is 0 Å². The third kappa shape index (κ3) is 3.04. The highest BCUT2D eigenvalue weighted by Crippen LogP contribution is 2.21. The van der Waals surface area contributed by atoms with Crippen LogP contribution in [0, 0.1) is 0 Å². The highest BCUT2D eigenvalue weighted by atomic mass is 16.4. The fourth-order valence-electron chi connectivity index (χ4n) is 2.48. The van der Waals surface area contributed by atoms with Crippen LogP contribution in [0.25, 0.3) is 0 Å². The smallest absolute Gasteiger partial charge is 0.337 e. The minimum atomic E-state index is -0.887. The van der Waals surface area contributed by atoms with Crippen molar-refractivity contribution in [3.05, 3.63) is 24.0 Å². The second-order valence-electron chi connectivity index (χ2n) is 4.98. The summed E-state index contributed by atoms with van der Waals surface area (Å²) in [5, 5.41) is 9.21. The van der Waals surface area contributed by atoms with E-state index in [-0.39, 0.29) is 0 Å². The van der Waals surface area contributed by atoms with Gasteiger partial charge in [0.25, 0.3) is 0 Å². The molecule has 1 aromatic heterocycles. The van der Waals surface area contributed by atoms with Crippen LogP contribution in [0.3, 0.4) is 0 Å². The van der Waals surface area contributed by atoms with Crippen molar-refractivity contribution in [1.82, 2.24) is 9.88 Å². The number of anilines is 1. The van der Waals surface area contributed by atoms with Crippen molar-refractivity contribution < 1.29 is 9.90 Å². The van der Waals surface area contributed by atoms with E-state index < -0.39 is 5.97 Å². The lowest BCUT2D eigenvalue weighted by molar-refractivity contribution is 0.0697. The van der Waals surface area contributed by atoms with Gasteiger partial charge in [0.1, 0.15) is 0 Å². The van der Waals surface area contributed by atoms with Gasteiger partial charge in [-0.05, 0) is 19.4 Å². The number of aromatic nitrogens is 1. The van der Waals surface area contributed by atoms with Crippen LogP contribution in [0.1, 0.15) is 30.6 Å². The number of aromatic carboxylic acids is 1. The van der Waals surface area contributed by atoms with Gasteiger partial charge in [0.05, 0.1) is 17.4 Å². The molecule has 5 heteroatoms. The first-order valence-corrected chi connectivity index (χ1v) is 6.79. The van der Waals surface area contributed by atoms with Gasteiger partial charge in [-0.1, -0.05) is 6.92 Å². The van der Waals surface area contributed by atoms with Gasteiger partial charge >= 0.3 is 5.97 Å². The van der Waals surface area contributed by atoms with Crippen molar-refractivity contribution in [2.75, 3.05) is 31.1 Å². The molecule has 0 spiro atoms. The Morgan fingerprint density at radius 1 is 1.42 bits per heavy atom. The van der Waals surface area contributed by atoms with Gasteiger partial charge in [-0.2, -0.15) is 0 Å². The molecule has 2 rings (SSSR count). The fraction of sp³-hybridized carbons (Fsp3) is 0.571. The molecule has 1 atom stereocenters. The summed E-state index contributed by atoms with van der Waals surface area (Å²) in [5.74, 6) is -0.887. The van der Waals surface area contributed by atoms with E-state index in [0.717, 1.165) is 38.3 Å². The highest BCUT2D eigenvalue weighted by Gasteiger charge is 2.23. The van der Waals surface area contributed by atoms with Crippen LogP contribution in [0.2, 0.25) is 0 Å². The maximum atomic E-state index is 11.2. The molecule has 0 aliphatic carbocycles. The maximum absolute atomic E-state index is 11.2. The standard InChI is InChI=1S/C14H21N3O2/c1-3-11(2)16-6-8-17(9-7-16)13-10-15-5-4-12(13)14(18)19/h4-5,10-11H,3,6-9H2,1-2H3,(H,18,19). The average molecular weight is 263 g/mol. The first-order valence-electron chi connectivity index (χ1n) is 6.79. The van der Waals surface area contributed by atoms with E-state index in [4.69, 9.17) is 0 Å². The number of carbonyl (C=O) groups is 1. The maximum Gasteiger partial charge on any atom is 0.337 e. The van der Waals surface area contributed by atoms with Crippen LogP contribution < -0.4 is 4.90 Å². The number of nitrogens with zero attached hydrogens (tertiary/aromatic N) is 3. The van der Waals surface area contributed by atoms with Crippen LogP contribution >= 0.6 is 0 Å². The molecule has 1 N–H and O–H groups in total. The Balaban J connectivity index is 2.08. The second-order valence-corrected chi connectivity index (χ2v) is 4.98. The number of pyridine rings is 1. The molecule has 1 unspecified atom stereocenters. The van der Waals surface area contributed by atoms with Gasteiger partial charge < -0.3 is 10.0 Å². The zero-order valence-electron chi connectivity index (χ0n) is 11.5. The van der Waals surface area contributed by atoms with E-state index in [1.165, 1.54) is 6.20 Å². The number of piperazine rings is 1. The molecule has 5 nitrogen and oxygen atoms in total. The number of hydrogen-bond acceptors (Lipinski definition) is 4. The Morgan fingerprint density at radius 3 is 2.68 bits per heavy atom. The molecule has 0 saturated carbocycles. The number of rotatable bonds is 4. The molecule has 0 radical (unpaired) electrons. The van der Waals surface area contributed by atoms with E-state index in [1.54, 1.807) is 12.3 Å². The van der Waals surface area contributed by atoms with E-state index in [0.29, 0.717) is 11.6 Å². The third-order valence-corrected chi connectivity index (χ3v) is 3.90. The normalized spacial score (nSPS) is 18.3. The summed E-state index contributed by atoms with van der Waals surface area (Å²) in [5.41, 5.74) is 1.07. The van der Waals surface area contributed by atoms with Crippen LogP contribution in [-0.2, 0) is 0 Å². The molecule has 2 heterocycles. The molecule has 0 aromatic carbocycles. The molecule has 1 saturated heterocycles. The first kappa shape index (κ1) is 13.8. The van der Waals surface area contributed by atoms with Crippen molar-refractivity contribution in [2.24, 2.45) is 0 Å².